The number of aromatic nitrogens is 1. The van der Waals surface area contributed by atoms with E-state index in [1.165, 1.54) is 20.2 Å². The predicted octanol–water partition coefficient (Wildman–Crippen LogP) is 2.68. The molecule has 0 N–H and O–H groups in total. The Bertz CT molecular complexity index is 374. The summed E-state index contributed by atoms with van der Waals surface area (Å²) in [6, 6.07) is 1.34. The van der Waals surface area contributed by atoms with Gasteiger partial charge in [0.1, 0.15) is 10.3 Å². The van der Waals surface area contributed by atoms with E-state index < -0.39 is 5.91 Å². The lowest BCUT2D eigenvalue weighted by molar-refractivity contribution is -0.0757. The van der Waals surface area contributed by atoms with Crippen molar-refractivity contribution in [2.75, 3.05) is 14.2 Å². The highest BCUT2D eigenvalue weighted by Gasteiger charge is 2.20. The van der Waals surface area contributed by atoms with E-state index in [1.54, 1.807) is 0 Å². The van der Waals surface area contributed by atoms with Crippen LogP contribution in [0.1, 0.15) is 10.4 Å². The van der Waals surface area contributed by atoms with Crippen LogP contribution in [0.2, 0.25) is 15.3 Å². The summed E-state index contributed by atoms with van der Waals surface area (Å²) in [6.07, 6.45) is 0. The number of hydrogen-bond acceptors (Lipinski definition) is 3. The Kier molecular flexibility index (Phi) is 4.16. The number of rotatable bonds is 2. The highest BCUT2D eigenvalue weighted by Crippen LogP contribution is 2.26. The fourth-order valence-corrected chi connectivity index (χ4v) is 1.78. The van der Waals surface area contributed by atoms with Crippen LogP contribution in [-0.4, -0.2) is 30.1 Å². The van der Waals surface area contributed by atoms with Crippen molar-refractivity contribution in [3.05, 3.63) is 27.0 Å². The highest BCUT2D eigenvalue weighted by molar-refractivity contribution is 6.40. The van der Waals surface area contributed by atoms with E-state index in [-0.39, 0.29) is 20.9 Å². The van der Waals surface area contributed by atoms with Crippen LogP contribution in [-0.2, 0) is 4.84 Å². The first-order valence-electron chi connectivity index (χ1n) is 3.81. The predicted molar refractivity (Wildman–Crippen MR) is 58.4 cm³/mol. The zero-order valence-corrected chi connectivity index (χ0v) is 10.2. The Labute approximate surface area is 102 Å². The lowest BCUT2D eigenvalue weighted by Gasteiger charge is -2.14. The summed E-state index contributed by atoms with van der Waals surface area (Å²) in [4.78, 5) is 20.1. The number of hydroxylamine groups is 2. The minimum absolute atomic E-state index is 0.0543. The van der Waals surface area contributed by atoms with Crippen molar-refractivity contribution >= 4 is 40.7 Å². The first-order valence-corrected chi connectivity index (χ1v) is 4.94. The van der Waals surface area contributed by atoms with Crippen molar-refractivity contribution in [2.24, 2.45) is 0 Å². The van der Waals surface area contributed by atoms with Gasteiger partial charge in [-0.2, -0.15) is 0 Å². The monoisotopic (exact) mass is 268 g/mol. The molecule has 7 heteroatoms. The second-order valence-corrected chi connectivity index (χ2v) is 3.73. The van der Waals surface area contributed by atoms with Gasteiger partial charge in [-0.05, 0) is 6.07 Å². The van der Waals surface area contributed by atoms with Gasteiger partial charge < -0.3 is 0 Å². The largest absolute Gasteiger partial charge is 0.281 e. The molecule has 0 aliphatic rings. The molecule has 0 radical (unpaired) electrons. The summed E-state index contributed by atoms with van der Waals surface area (Å²) in [5, 5.41) is 1.19. The second-order valence-electron chi connectivity index (χ2n) is 2.58. The average Bonchev–Trinajstić information content (AvgIpc) is 2.14. The summed E-state index contributed by atoms with van der Waals surface area (Å²) in [5.41, 5.74) is 0.0621. The summed E-state index contributed by atoms with van der Waals surface area (Å²) in [5.74, 6) is -0.489. The van der Waals surface area contributed by atoms with Crippen LogP contribution in [0.3, 0.4) is 0 Å². The van der Waals surface area contributed by atoms with Crippen LogP contribution < -0.4 is 0 Å². The molecule has 1 heterocycles. The SMILES string of the molecule is CON(C)C(=O)c1c(Cl)cc(Cl)nc1Cl. The van der Waals surface area contributed by atoms with Gasteiger partial charge in [-0.1, -0.05) is 34.8 Å². The number of pyridine rings is 1. The van der Waals surface area contributed by atoms with Crippen LogP contribution in [0.5, 0.6) is 0 Å². The third-order valence-electron chi connectivity index (χ3n) is 1.67. The van der Waals surface area contributed by atoms with E-state index in [0.717, 1.165) is 5.06 Å². The number of carbonyl (C=O) groups is 1. The molecule has 0 aromatic carbocycles. The summed E-state index contributed by atoms with van der Waals surface area (Å²) in [6.45, 7) is 0. The molecule has 1 amide bonds. The number of carbonyl (C=O) groups excluding carboxylic acids is 1. The third kappa shape index (κ3) is 2.72. The quantitative estimate of drug-likeness (QED) is 0.612. The Morgan fingerprint density at radius 3 is 2.53 bits per heavy atom. The first kappa shape index (κ1) is 12.5. The maximum Gasteiger partial charge on any atom is 0.281 e. The van der Waals surface area contributed by atoms with Crippen LogP contribution in [0, 0.1) is 0 Å². The van der Waals surface area contributed by atoms with Gasteiger partial charge in [0.25, 0.3) is 5.91 Å². The van der Waals surface area contributed by atoms with E-state index in [0.29, 0.717) is 0 Å². The number of nitrogens with zero attached hydrogens (tertiary/aromatic N) is 2. The molecule has 82 valence electrons. The van der Waals surface area contributed by atoms with Gasteiger partial charge in [-0.25, -0.2) is 10.0 Å². The zero-order chi connectivity index (χ0) is 11.6. The van der Waals surface area contributed by atoms with Crippen molar-refractivity contribution in [3.8, 4) is 0 Å². The van der Waals surface area contributed by atoms with Crippen molar-refractivity contribution in [3.63, 3.8) is 0 Å². The molecule has 0 unspecified atom stereocenters. The Hall–Kier alpha value is -0.550. The minimum Gasteiger partial charge on any atom is -0.274 e. The zero-order valence-electron chi connectivity index (χ0n) is 7.92. The molecule has 1 aromatic rings. The molecule has 0 spiro atoms. The molecular weight excluding hydrogens is 262 g/mol. The van der Waals surface area contributed by atoms with E-state index >= 15 is 0 Å². The van der Waals surface area contributed by atoms with Crippen molar-refractivity contribution in [1.82, 2.24) is 10.0 Å². The smallest absolute Gasteiger partial charge is 0.274 e. The van der Waals surface area contributed by atoms with Gasteiger partial charge in [0.15, 0.2) is 0 Å². The molecule has 1 aromatic heterocycles. The maximum atomic E-state index is 11.7. The Morgan fingerprint density at radius 2 is 2.07 bits per heavy atom. The lowest BCUT2D eigenvalue weighted by atomic mass is 10.2. The summed E-state index contributed by atoms with van der Waals surface area (Å²) >= 11 is 17.2. The van der Waals surface area contributed by atoms with Gasteiger partial charge in [0.05, 0.1) is 17.7 Å². The van der Waals surface area contributed by atoms with Gasteiger partial charge in [0, 0.05) is 7.05 Å². The molecular formula is C8H7Cl3N2O2. The molecule has 0 aliphatic heterocycles. The number of amides is 1. The van der Waals surface area contributed by atoms with Crippen LogP contribution in [0.15, 0.2) is 6.07 Å². The van der Waals surface area contributed by atoms with E-state index in [2.05, 4.69) is 4.98 Å². The topological polar surface area (TPSA) is 42.4 Å². The first-order chi connectivity index (χ1) is 6.97. The molecule has 0 aliphatic carbocycles. The number of halogens is 3. The van der Waals surface area contributed by atoms with E-state index in [9.17, 15) is 4.79 Å². The summed E-state index contributed by atoms with van der Waals surface area (Å²) < 4.78 is 0. The maximum absolute atomic E-state index is 11.7. The van der Waals surface area contributed by atoms with Crippen molar-refractivity contribution < 1.29 is 9.63 Å². The molecule has 0 fully saturated rings. The van der Waals surface area contributed by atoms with Gasteiger partial charge in [0.2, 0.25) is 0 Å². The third-order valence-corrected chi connectivity index (χ3v) is 2.43. The van der Waals surface area contributed by atoms with E-state index in [4.69, 9.17) is 39.6 Å². The fourth-order valence-electron chi connectivity index (χ4n) is 0.888. The average molecular weight is 270 g/mol. The highest BCUT2D eigenvalue weighted by atomic mass is 35.5. The van der Waals surface area contributed by atoms with Crippen molar-refractivity contribution in [2.45, 2.75) is 0 Å². The molecule has 0 saturated carbocycles. The van der Waals surface area contributed by atoms with Gasteiger partial charge in [-0.3, -0.25) is 9.63 Å². The summed E-state index contributed by atoms with van der Waals surface area (Å²) in [7, 11) is 2.78. The van der Waals surface area contributed by atoms with E-state index in [1.807, 2.05) is 0 Å². The molecule has 0 atom stereocenters. The normalized spacial score (nSPS) is 10.2. The Balaban J connectivity index is 3.20. The fraction of sp³-hybridized carbons (Fsp3) is 0.250. The van der Waals surface area contributed by atoms with Gasteiger partial charge >= 0.3 is 0 Å². The lowest BCUT2D eigenvalue weighted by Crippen LogP contribution is -2.26. The number of hydrogen-bond donors (Lipinski definition) is 0. The second kappa shape index (κ2) is 4.99. The van der Waals surface area contributed by atoms with Crippen molar-refractivity contribution in [1.29, 1.82) is 0 Å². The van der Waals surface area contributed by atoms with Crippen LogP contribution in [0.25, 0.3) is 0 Å². The Morgan fingerprint density at radius 1 is 1.47 bits per heavy atom. The standard InChI is InChI=1S/C8H7Cl3N2O2/c1-13(15-2)8(14)6-4(9)3-5(10)12-7(6)11/h3H,1-2H3. The molecule has 4 nitrogen and oxygen atoms in total. The van der Waals surface area contributed by atoms with Gasteiger partial charge in [-0.15, -0.1) is 0 Å². The van der Waals surface area contributed by atoms with Crippen LogP contribution >= 0.6 is 34.8 Å². The molecule has 0 bridgehead atoms. The molecule has 15 heavy (non-hydrogen) atoms. The van der Waals surface area contributed by atoms with Crippen LogP contribution in [0.4, 0.5) is 0 Å². The molecule has 0 saturated heterocycles. The molecule has 1 rings (SSSR count). The minimum atomic E-state index is -0.489.